The third kappa shape index (κ3) is 3.02. The second kappa shape index (κ2) is 5.57. The molecule has 2 aromatic carbocycles. The van der Waals surface area contributed by atoms with Crippen molar-refractivity contribution in [3.8, 4) is 29.4 Å². The van der Waals surface area contributed by atoms with Crippen LogP contribution in [0.25, 0.3) is 0 Å². The van der Waals surface area contributed by atoms with E-state index in [9.17, 15) is 0 Å². The molecule has 0 saturated carbocycles. The fraction of sp³-hybridized carbons (Fsp3) is 0.0667. The lowest BCUT2D eigenvalue weighted by molar-refractivity contribution is 0.409. The number of nitrogens with zero attached hydrogens (tertiary/aromatic N) is 2. The Morgan fingerprint density at radius 3 is 2.21 bits per heavy atom. The molecule has 19 heavy (non-hydrogen) atoms. The molecule has 0 aromatic heterocycles. The van der Waals surface area contributed by atoms with E-state index in [1.54, 1.807) is 42.5 Å². The van der Waals surface area contributed by atoms with Crippen molar-refractivity contribution in [2.24, 2.45) is 0 Å². The summed E-state index contributed by atoms with van der Waals surface area (Å²) in [5.74, 6) is 1.58. The Hall–Kier alpha value is -2.98. The summed E-state index contributed by atoms with van der Waals surface area (Å²) in [6.45, 7) is 0. The zero-order valence-electron chi connectivity index (χ0n) is 10.3. The van der Waals surface area contributed by atoms with Crippen LogP contribution in [0, 0.1) is 22.7 Å². The van der Waals surface area contributed by atoms with E-state index in [0.29, 0.717) is 28.4 Å². The molecule has 0 aliphatic heterocycles. The van der Waals surface area contributed by atoms with E-state index in [0.717, 1.165) is 0 Å². The van der Waals surface area contributed by atoms with Crippen molar-refractivity contribution in [3.63, 3.8) is 0 Å². The summed E-state index contributed by atoms with van der Waals surface area (Å²) in [6.07, 6.45) is 0. The van der Waals surface area contributed by atoms with E-state index in [1.165, 1.54) is 7.11 Å². The third-order valence-electron chi connectivity index (χ3n) is 2.44. The molecule has 2 aromatic rings. The molecule has 0 aliphatic carbocycles. The molecular weight excluding hydrogens is 240 g/mol. The fourth-order valence-electron chi connectivity index (χ4n) is 1.58. The summed E-state index contributed by atoms with van der Waals surface area (Å²) in [6, 6.07) is 15.8. The highest BCUT2D eigenvalue weighted by Gasteiger charge is 2.04. The summed E-state index contributed by atoms with van der Waals surface area (Å²) in [5.41, 5.74) is 0.965. The van der Waals surface area contributed by atoms with Crippen LogP contribution >= 0.6 is 0 Å². The van der Waals surface area contributed by atoms with Crippen molar-refractivity contribution in [1.29, 1.82) is 10.5 Å². The van der Waals surface area contributed by atoms with Gasteiger partial charge in [0, 0.05) is 6.07 Å². The Balaban J connectivity index is 2.32. The Morgan fingerprint density at radius 1 is 0.842 bits per heavy atom. The van der Waals surface area contributed by atoms with Crippen LogP contribution in [0.5, 0.6) is 17.2 Å². The summed E-state index contributed by atoms with van der Waals surface area (Å²) in [5, 5.41) is 17.7. The van der Waals surface area contributed by atoms with E-state index >= 15 is 0 Å². The van der Waals surface area contributed by atoms with Crippen LogP contribution < -0.4 is 9.47 Å². The fourth-order valence-corrected chi connectivity index (χ4v) is 1.58. The van der Waals surface area contributed by atoms with Crippen molar-refractivity contribution < 1.29 is 9.47 Å². The van der Waals surface area contributed by atoms with Crippen molar-refractivity contribution in [2.75, 3.05) is 7.11 Å². The average Bonchev–Trinajstić information content (AvgIpc) is 2.47. The van der Waals surface area contributed by atoms with Crippen molar-refractivity contribution in [2.45, 2.75) is 0 Å². The highest BCUT2D eigenvalue weighted by Crippen LogP contribution is 2.27. The summed E-state index contributed by atoms with van der Waals surface area (Å²) in [4.78, 5) is 0. The molecule has 4 nitrogen and oxygen atoms in total. The molecular formula is C15H10N2O2. The van der Waals surface area contributed by atoms with Crippen molar-refractivity contribution in [3.05, 3.63) is 53.6 Å². The molecule has 0 heterocycles. The summed E-state index contributed by atoms with van der Waals surface area (Å²) in [7, 11) is 1.52. The first kappa shape index (κ1) is 12.5. The van der Waals surface area contributed by atoms with Gasteiger partial charge in [-0.15, -0.1) is 0 Å². The van der Waals surface area contributed by atoms with Gasteiger partial charge in [0.1, 0.15) is 17.2 Å². The first-order valence-corrected chi connectivity index (χ1v) is 5.52. The molecule has 4 heteroatoms. The molecule has 0 amide bonds. The predicted molar refractivity (Wildman–Crippen MR) is 68.9 cm³/mol. The maximum atomic E-state index is 8.93. The van der Waals surface area contributed by atoms with Gasteiger partial charge in [-0.1, -0.05) is 6.07 Å². The minimum Gasteiger partial charge on any atom is -0.497 e. The van der Waals surface area contributed by atoms with Crippen LogP contribution in [-0.4, -0.2) is 7.11 Å². The van der Waals surface area contributed by atoms with Crippen molar-refractivity contribution >= 4 is 0 Å². The molecule has 0 unspecified atom stereocenters. The average molecular weight is 250 g/mol. The zero-order chi connectivity index (χ0) is 13.7. The molecule has 0 fully saturated rings. The van der Waals surface area contributed by atoms with Gasteiger partial charge in [0.05, 0.1) is 30.4 Å². The van der Waals surface area contributed by atoms with Gasteiger partial charge in [0.2, 0.25) is 0 Å². The van der Waals surface area contributed by atoms with Crippen LogP contribution in [-0.2, 0) is 0 Å². The Bertz CT molecular complexity index is 681. The second-order valence-electron chi connectivity index (χ2n) is 3.75. The molecule has 0 spiro atoms. The van der Waals surface area contributed by atoms with Gasteiger partial charge in [-0.25, -0.2) is 0 Å². The lowest BCUT2D eigenvalue weighted by atomic mass is 10.2. The van der Waals surface area contributed by atoms with E-state index in [4.69, 9.17) is 20.0 Å². The van der Waals surface area contributed by atoms with Gasteiger partial charge >= 0.3 is 0 Å². The number of methoxy groups -OCH3 is 1. The normalized spacial score (nSPS) is 9.21. The maximum absolute atomic E-state index is 8.93. The van der Waals surface area contributed by atoms with Crippen molar-refractivity contribution in [1.82, 2.24) is 0 Å². The number of ether oxygens (including phenoxy) is 2. The van der Waals surface area contributed by atoms with Gasteiger partial charge in [-0.3, -0.25) is 0 Å². The van der Waals surface area contributed by atoms with Crippen LogP contribution in [0.1, 0.15) is 11.1 Å². The number of nitriles is 2. The Labute approximate surface area is 111 Å². The lowest BCUT2D eigenvalue weighted by Crippen LogP contribution is -1.89. The Morgan fingerprint density at radius 2 is 1.53 bits per heavy atom. The SMILES string of the molecule is COc1cc(C#N)cc(Oc2cccc(C#N)c2)c1. The van der Waals surface area contributed by atoms with Gasteiger partial charge in [0.25, 0.3) is 0 Å². The number of rotatable bonds is 3. The first-order valence-electron chi connectivity index (χ1n) is 5.52. The first-order chi connectivity index (χ1) is 9.25. The minimum atomic E-state index is 0.450. The molecule has 0 saturated heterocycles. The molecule has 92 valence electrons. The van der Waals surface area contributed by atoms with Crippen LogP contribution in [0.2, 0.25) is 0 Å². The van der Waals surface area contributed by atoms with E-state index < -0.39 is 0 Å². The van der Waals surface area contributed by atoms with Gasteiger partial charge < -0.3 is 9.47 Å². The van der Waals surface area contributed by atoms with Gasteiger partial charge in [0.15, 0.2) is 0 Å². The summed E-state index contributed by atoms with van der Waals surface area (Å²) < 4.78 is 10.7. The smallest absolute Gasteiger partial charge is 0.132 e. The standard InChI is InChI=1S/C15H10N2O2/c1-18-14-6-12(10-17)7-15(8-14)19-13-4-2-3-11(5-13)9-16/h2-8H,1H3. The van der Waals surface area contributed by atoms with Gasteiger partial charge in [-0.05, 0) is 30.3 Å². The largest absolute Gasteiger partial charge is 0.497 e. The van der Waals surface area contributed by atoms with Gasteiger partial charge in [-0.2, -0.15) is 10.5 Å². The van der Waals surface area contributed by atoms with E-state index in [-0.39, 0.29) is 0 Å². The molecule has 0 aliphatic rings. The molecule has 0 radical (unpaired) electrons. The molecule has 2 rings (SSSR count). The third-order valence-corrected chi connectivity index (χ3v) is 2.44. The maximum Gasteiger partial charge on any atom is 0.132 e. The Kier molecular flexibility index (Phi) is 3.66. The number of benzene rings is 2. The van der Waals surface area contributed by atoms with Crippen LogP contribution in [0.3, 0.4) is 0 Å². The van der Waals surface area contributed by atoms with E-state index in [2.05, 4.69) is 0 Å². The van der Waals surface area contributed by atoms with E-state index in [1.807, 2.05) is 12.1 Å². The van der Waals surface area contributed by atoms with Crippen LogP contribution in [0.4, 0.5) is 0 Å². The topological polar surface area (TPSA) is 66.0 Å². The quantitative estimate of drug-likeness (QED) is 0.838. The second-order valence-corrected chi connectivity index (χ2v) is 3.75. The lowest BCUT2D eigenvalue weighted by Gasteiger charge is -2.08. The monoisotopic (exact) mass is 250 g/mol. The highest BCUT2D eigenvalue weighted by atomic mass is 16.5. The minimum absolute atomic E-state index is 0.450. The predicted octanol–water partition coefficient (Wildman–Crippen LogP) is 3.23. The summed E-state index contributed by atoms with van der Waals surface area (Å²) >= 11 is 0. The molecule has 0 N–H and O–H groups in total. The molecule has 0 atom stereocenters. The highest BCUT2D eigenvalue weighted by molar-refractivity contribution is 5.46. The number of hydrogen-bond acceptors (Lipinski definition) is 4. The molecule has 0 bridgehead atoms. The number of hydrogen-bond donors (Lipinski definition) is 0. The van der Waals surface area contributed by atoms with Crippen LogP contribution in [0.15, 0.2) is 42.5 Å². The zero-order valence-corrected chi connectivity index (χ0v) is 10.3.